The van der Waals surface area contributed by atoms with Gasteiger partial charge in [-0.15, -0.1) is 0 Å². The zero-order chi connectivity index (χ0) is 29.8. The van der Waals surface area contributed by atoms with Gasteiger partial charge in [0.1, 0.15) is 6.61 Å². The standard InChI is InChI=1S/C29H40N2O10/c1-34-22-16-20(17-23(35-2)26(22)38-5)28(32)40-14-7-8-30-9-11-31(12-10-30)13-15-41-29(33)21-18-24(36-3)27(39-6)25(19-21)37-4/h16-19H,7-15H2,1-6H3. The van der Waals surface area contributed by atoms with E-state index in [4.69, 9.17) is 37.9 Å². The summed E-state index contributed by atoms with van der Waals surface area (Å²) in [7, 11) is 9.00. The van der Waals surface area contributed by atoms with Crippen molar-refractivity contribution in [1.82, 2.24) is 9.80 Å². The van der Waals surface area contributed by atoms with Crippen molar-refractivity contribution in [3.8, 4) is 34.5 Å². The molecule has 0 radical (unpaired) electrons. The smallest absolute Gasteiger partial charge is 0.338 e. The van der Waals surface area contributed by atoms with Crippen molar-refractivity contribution in [2.75, 3.05) is 95.1 Å². The second-order valence-corrected chi connectivity index (χ2v) is 9.14. The van der Waals surface area contributed by atoms with Crippen LogP contribution in [0.15, 0.2) is 24.3 Å². The summed E-state index contributed by atoms with van der Waals surface area (Å²) in [5, 5.41) is 0. The first-order valence-corrected chi connectivity index (χ1v) is 13.3. The maximum absolute atomic E-state index is 12.6. The third-order valence-corrected chi connectivity index (χ3v) is 6.76. The lowest BCUT2D eigenvalue weighted by Gasteiger charge is -2.34. The number of piperazine rings is 1. The lowest BCUT2D eigenvalue weighted by Crippen LogP contribution is -2.47. The lowest BCUT2D eigenvalue weighted by atomic mass is 10.2. The number of methoxy groups -OCH3 is 6. The highest BCUT2D eigenvalue weighted by Crippen LogP contribution is 2.39. The first-order valence-electron chi connectivity index (χ1n) is 13.3. The molecule has 0 aliphatic carbocycles. The molecule has 12 nitrogen and oxygen atoms in total. The summed E-state index contributed by atoms with van der Waals surface area (Å²) in [4.78, 5) is 29.7. The molecule has 1 aliphatic rings. The summed E-state index contributed by atoms with van der Waals surface area (Å²) >= 11 is 0. The van der Waals surface area contributed by atoms with E-state index in [1.54, 1.807) is 24.3 Å². The molecule has 2 aromatic rings. The second kappa shape index (κ2) is 15.8. The topological polar surface area (TPSA) is 114 Å². The summed E-state index contributed by atoms with van der Waals surface area (Å²) in [6, 6.07) is 6.30. The number of hydrogen-bond acceptors (Lipinski definition) is 12. The quantitative estimate of drug-likeness (QED) is 0.229. The first-order chi connectivity index (χ1) is 19.9. The highest BCUT2D eigenvalue weighted by atomic mass is 16.5. The number of esters is 2. The van der Waals surface area contributed by atoms with E-state index in [-0.39, 0.29) is 6.61 Å². The number of ether oxygens (including phenoxy) is 8. The fourth-order valence-corrected chi connectivity index (χ4v) is 4.52. The van der Waals surface area contributed by atoms with Gasteiger partial charge in [-0.05, 0) is 30.7 Å². The predicted octanol–water partition coefficient (Wildman–Crippen LogP) is 2.76. The maximum atomic E-state index is 12.6. The van der Waals surface area contributed by atoms with Crippen LogP contribution < -0.4 is 28.4 Å². The van der Waals surface area contributed by atoms with Crippen molar-refractivity contribution >= 4 is 11.9 Å². The van der Waals surface area contributed by atoms with Gasteiger partial charge in [0.2, 0.25) is 11.5 Å². The van der Waals surface area contributed by atoms with Crippen LogP contribution in [0.25, 0.3) is 0 Å². The molecule has 2 aromatic carbocycles. The molecule has 1 saturated heterocycles. The van der Waals surface area contributed by atoms with Gasteiger partial charge < -0.3 is 42.8 Å². The third kappa shape index (κ3) is 8.30. The van der Waals surface area contributed by atoms with Crippen LogP contribution >= 0.6 is 0 Å². The zero-order valence-corrected chi connectivity index (χ0v) is 24.7. The Labute approximate surface area is 240 Å². The van der Waals surface area contributed by atoms with Crippen molar-refractivity contribution in [3.05, 3.63) is 35.4 Å². The van der Waals surface area contributed by atoms with Gasteiger partial charge in [0.15, 0.2) is 23.0 Å². The Morgan fingerprint density at radius 1 is 0.561 bits per heavy atom. The number of rotatable bonds is 15. The number of benzene rings is 2. The summed E-state index contributed by atoms with van der Waals surface area (Å²) in [5.41, 5.74) is 0.661. The normalized spacial score (nSPS) is 13.7. The number of carbonyl (C=O) groups excluding carboxylic acids is 2. The van der Waals surface area contributed by atoms with Gasteiger partial charge in [-0.2, -0.15) is 0 Å². The average molecular weight is 577 g/mol. The van der Waals surface area contributed by atoms with Crippen LogP contribution in [0.1, 0.15) is 27.1 Å². The van der Waals surface area contributed by atoms with Crippen molar-refractivity contribution in [1.29, 1.82) is 0 Å². The average Bonchev–Trinajstić information content (AvgIpc) is 3.01. The van der Waals surface area contributed by atoms with Gasteiger partial charge in [-0.3, -0.25) is 4.90 Å². The van der Waals surface area contributed by atoms with Gasteiger partial charge in [0.25, 0.3) is 0 Å². The van der Waals surface area contributed by atoms with E-state index in [0.29, 0.717) is 65.2 Å². The Bertz CT molecular complexity index is 1110. The molecule has 12 heteroatoms. The monoisotopic (exact) mass is 576 g/mol. The molecule has 0 spiro atoms. The minimum absolute atomic E-state index is 0.270. The van der Waals surface area contributed by atoms with Crippen LogP contribution in [-0.4, -0.2) is 117 Å². The Morgan fingerprint density at radius 3 is 1.29 bits per heavy atom. The highest BCUT2D eigenvalue weighted by Gasteiger charge is 2.21. The van der Waals surface area contributed by atoms with Crippen molar-refractivity contribution in [3.63, 3.8) is 0 Å². The van der Waals surface area contributed by atoms with E-state index in [0.717, 1.165) is 32.7 Å². The Morgan fingerprint density at radius 2 is 0.927 bits per heavy atom. The van der Waals surface area contributed by atoms with Crippen LogP contribution in [0.2, 0.25) is 0 Å². The molecule has 41 heavy (non-hydrogen) atoms. The molecular formula is C29H40N2O10. The van der Waals surface area contributed by atoms with Crippen molar-refractivity contribution in [2.24, 2.45) is 0 Å². The van der Waals surface area contributed by atoms with E-state index < -0.39 is 11.9 Å². The summed E-state index contributed by atoms with van der Waals surface area (Å²) < 4.78 is 42.8. The molecule has 1 fully saturated rings. The predicted molar refractivity (Wildman–Crippen MR) is 150 cm³/mol. The molecule has 1 heterocycles. The largest absolute Gasteiger partial charge is 0.493 e. The molecule has 0 saturated carbocycles. The molecular weight excluding hydrogens is 536 g/mol. The van der Waals surface area contributed by atoms with Crippen molar-refractivity contribution < 1.29 is 47.5 Å². The fraction of sp³-hybridized carbons (Fsp3) is 0.517. The zero-order valence-electron chi connectivity index (χ0n) is 24.7. The SMILES string of the molecule is COc1cc(C(=O)OCCCN2CCN(CCOC(=O)c3cc(OC)c(OC)c(OC)c3)CC2)cc(OC)c1OC. The van der Waals surface area contributed by atoms with Crippen LogP contribution in [0.3, 0.4) is 0 Å². The minimum Gasteiger partial charge on any atom is -0.493 e. The Kier molecular flexibility index (Phi) is 12.2. The molecule has 1 aliphatic heterocycles. The molecule has 226 valence electrons. The Balaban J connectivity index is 1.36. The van der Waals surface area contributed by atoms with Crippen LogP contribution in [-0.2, 0) is 9.47 Å². The van der Waals surface area contributed by atoms with Gasteiger partial charge >= 0.3 is 11.9 Å². The molecule has 0 bridgehead atoms. The van der Waals surface area contributed by atoms with Gasteiger partial charge in [-0.25, -0.2) is 9.59 Å². The number of hydrogen-bond donors (Lipinski definition) is 0. The highest BCUT2D eigenvalue weighted by molar-refractivity contribution is 5.91. The van der Waals surface area contributed by atoms with Gasteiger partial charge in [0, 0.05) is 39.3 Å². The van der Waals surface area contributed by atoms with Crippen molar-refractivity contribution in [2.45, 2.75) is 6.42 Å². The van der Waals surface area contributed by atoms with Crippen LogP contribution in [0.5, 0.6) is 34.5 Å². The molecule has 0 atom stereocenters. The molecule has 0 N–H and O–H groups in total. The fourth-order valence-electron chi connectivity index (χ4n) is 4.52. The first kappa shape index (κ1) is 31.6. The van der Waals surface area contributed by atoms with E-state index in [1.165, 1.54) is 42.7 Å². The van der Waals surface area contributed by atoms with Gasteiger partial charge in [-0.1, -0.05) is 0 Å². The number of carbonyl (C=O) groups is 2. The van der Waals surface area contributed by atoms with E-state index >= 15 is 0 Å². The maximum Gasteiger partial charge on any atom is 0.338 e. The van der Waals surface area contributed by atoms with E-state index in [1.807, 2.05) is 0 Å². The number of nitrogens with zero attached hydrogens (tertiary/aromatic N) is 2. The molecule has 0 unspecified atom stereocenters. The second-order valence-electron chi connectivity index (χ2n) is 9.14. The minimum atomic E-state index is -0.455. The van der Waals surface area contributed by atoms with E-state index in [9.17, 15) is 9.59 Å². The summed E-state index contributed by atoms with van der Waals surface area (Å²) in [6.07, 6.45) is 0.711. The third-order valence-electron chi connectivity index (χ3n) is 6.76. The summed E-state index contributed by atoms with van der Waals surface area (Å²) in [6.45, 7) is 5.48. The molecule has 3 rings (SSSR count). The molecule has 0 aromatic heterocycles. The van der Waals surface area contributed by atoms with Crippen LogP contribution in [0.4, 0.5) is 0 Å². The van der Waals surface area contributed by atoms with Crippen LogP contribution in [0, 0.1) is 0 Å². The Hall–Kier alpha value is -3.90. The van der Waals surface area contributed by atoms with E-state index in [2.05, 4.69) is 9.80 Å². The summed E-state index contributed by atoms with van der Waals surface area (Å²) in [5.74, 6) is 1.51. The van der Waals surface area contributed by atoms with Gasteiger partial charge in [0.05, 0.1) is 60.4 Å². The molecule has 0 amide bonds. The lowest BCUT2D eigenvalue weighted by molar-refractivity contribution is 0.0410.